The summed E-state index contributed by atoms with van der Waals surface area (Å²) >= 11 is 0. The Kier molecular flexibility index (Phi) is 9.77. The monoisotopic (exact) mass is 384 g/mol. The Morgan fingerprint density at radius 1 is 0.893 bits per heavy atom. The van der Waals surface area contributed by atoms with E-state index in [2.05, 4.69) is 37.8 Å². The minimum absolute atomic E-state index is 0.0920. The van der Waals surface area contributed by atoms with Gasteiger partial charge in [0.2, 0.25) is 0 Å². The first-order valence-electron chi connectivity index (χ1n) is 9.69. The molecule has 2 aromatic carbocycles. The van der Waals surface area contributed by atoms with E-state index in [4.69, 9.17) is 18.9 Å². The van der Waals surface area contributed by atoms with Crippen molar-refractivity contribution < 1.29 is 18.9 Å². The standard InChI is InChI=1S/C24H32O4/c1-5-22(17-20-9-7-6-8-10-20)24(27-16-15-25-3)19(2)28-18-21-11-13-23(26-4)14-12-21/h5-14,19,22,24H,1,15-18H2,2-4H3/t19-,22+,24-/m0/s1. The van der Waals surface area contributed by atoms with Crippen molar-refractivity contribution in [1.82, 2.24) is 0 Å². The zero-order valence-corrected chi connectivity index (χ0v) is 17.2. The SMILES string of the molecule is C=C[C@H](Cc1ccccc1)[C@@H](OCCOC)[C@H](C)OCc1ccc(OC)cc1. The van der Waals surface area contributed by atoms with E-state index in [1.165, 1.54) is 5.56 Å². The van der Waals surface area contributed by atoms with E-state index in [0.717, 1.165) is 17.7 Å². The number of ether oxygens (including phenoxy) is 4. The van der Waals surface area contributed by atoms with Crippen LogP contribution in [0.4, 0.5) is 0 Å². The van der Waals surface area contributed by atoms with Crippen LogP contribution in [0.5, 0.6) is 5.75 Å². The van der Waals surface area contributed by atoms with Gasteiger partial charge in [-0.1, -0.05) is 48.5 Å². The summed E-state index contributed by atoms with van der Waals surface area (Å²) in [7, 11) is 3.34. The molecule has 0 aliphatic carbocycles. The zero-order valence-electron chi connectivity index (χ0n) is 17.2. The van der Waals surface area contributed by atoms with Crippen molar-refractivity contribution in [3.05, 3.63) is 78.4 Å². The molecule has 0 aliphatic rings. The second-order valence-corrected chi connectivity index (χ2v) is 6.78. The van der Waals surface area contributed by atoms with Gasteiger partial charge < -0.3 is 18.9 Å². The van der Waals surface area contributed by atoms with Crippen LogP contribution in [0.3, 0.4) is 0 Å². The fourth-order valence-electron chi connectivity index (χ4n) is 3.14. The molecule has 0 bridgehead atoms. The van der Waals surface area contributed by atoms with Gasteiger partial charge in [0.15, 0.2) is 0 Å². The molecule has 0 unspecified atom stereocenters. The number of hydrogen-bond donors (Lipinski definition) is 0. The van der Waals surface area contributed by atoms with Crippen LogP contribution in [0.15, 0.2) is 67.3 Å². The van der Waals surface area contributed by atoms with E-state index < -0.39 is 0 Å². The molecule has 0 heterocycles. The molecule has 0 amide bonds. The van der Waals surface area contributed by atoms with Crippen molar-refractivity contribution in [2.24, 2.45) is 5.92 Å². The van der Waals surface area contributed by atoms with Gasteiger partial charge in [0, 0.05) is 13.0 Å². The van der Waals surface area contributed by atoms with E-state index in [9.17, 15) is 0 Å². The lowest BCUT2D eigenvalue weighted by Crippen LogP contribution is -2.37. The summed E-state index contributed by atoms with van der Waals surface area (Å²) in [5.74, 6) is 0.984. The Bertz CT molecular complexity index is 669. The molecule has 2 rings (SSSR count). The van der Waals surface area contributed by atoms with Crippen molar-refractivity contribution in [1.29, 1.82) is 0 Å². The van der Waals surface area contributed by atoms with E-state index in [1.54, 1.807) is 14.2 Å². The summed E-state index contributed by atoms with van der Waals surface area (Å²) in [6, 6.07) is 18.3. The molecular weight excluding hydrogens is 352 g/mol. The summed E-state index contributed by atoms with van der Waals surface area (Å²) < 4.78 is 22.7. The molecule has 4 nitrogen and oxygen atoms in total. The lowest BCUT2D eigenvalue weighted by Gasteiger charge is -2.30. The fraction of sp³-hybridized carbons (Fsp3) is 0.417. The molecule has 0 spiro atoms. The summed E-state index contributed by atoms with van der Waals surface area (Å²) in [4.78, 5) is 0. The molecule has 28 heavy (non-hydrogen) atoms. The molecule has 0 aliphatic heterocycles. The van der Waals surface area contributed by atoms with Crippen LogP contribution >= 0.6 is 0 Å². The number of benzene rings is 2. The first-order chi connectivity index (χ1) is 13.7. The molecule has 0 saturated carbocycles. The summed E-state index contributed by atoms with van der Waals surface area (Å²) in [6.07, 6.45) is 2.63. The average molecular weight is 385 g/mol. The summed E-state index contributed by atoms with van der Waals surface area (Å²) in [5.41, 5.74) is 2.36. The van der Waals surface area contributed by atoms with Crippen molar-refractivity contribution in [3.63, 3.8) is 0 Å². The topological polar surface area (TPSA) is 36.9 Å². The molecule has 2 aromatic rings. The van der Waals surface area contributed by atoms with Crippen LogP contribution in [-0.4, -0.2) is 39.6 Å². The van der Waals surface area contributed by atoms with Gasteiger partial charge in [-0.25, -0.2) is 0 Å². The van der Waals surface area contributed by atoms with Gasteiger partial charge in [-0.15, -0.1) is 6.58 Å². The average Bonchev–Trinajstić information content (AvgIpc) is 2.75. The Balaban J connectivity index is 2.02. The highest BCUT2D eigenvalue weighted by Gasteiger charge is 2.27. The van der Waals surface area contributed by atoms with Crippen LogP contribution < -0.4 is 4.74 Å². The fourth-order valence-corrected chi connectivity index (χ4v) is 3.14. The lowest BCUT2D eigenvalue weighted by atomic mass is 9.91. The molecule has 152 valence electrons. The first kappa shape index (κ1) is 22.2. The van der Waals surface area contributed by atoms with Crippen LogP contribution in [-0.2, 0) is 27.2 Å². The number of hydrogen-bond acceptors (Lipinski definition) is 4. The summed E-state index contributed by atoms with van der Waals surface area (Å²) in [5, 5.41) is 0. The summed E-state index contributed by atoms with van der Waals surface area (Å²) in [6.45, 7) is 7.70. The van der Waals surface area contributed by atoms with Gasteiger partial charge in [0.1, 0.15) is 5.75 Å². The maximum absolute atomic E-state index is 6.16. The smallest absolute Gasteiger partial charge is 0.118 e. The molecule has 0 saturated heterocycles. The molecule has 0 radical (unpaired) electrons. The predicted molar refractivity (Wildman–Crippen MR) is 113 cm³/mol. The van der Waals surface area contributed by atoms with Crippen molar-refractivity contribution >= 4 is 0 Å². The highest BCUT2D eigenvalue weighted by molar-refractivity contribution is 5.26. The van der Waals surface area contributed by atoms with Crippen LogP contribution in [0, 0.1) is 5.92 Å². The van der Waals surface area contributed by atoms with E-state index in [-0.39, 0.29) is 18.1 Å². The quantitative estimate of drug-likeness (QED) is 0.371. The molecule has 3 atom stereocenters. The highest BCUT2D eigenvalue weighted by Crippen LogP contribution is 2.22. The second kappa shape index (κ2) is 12.3. The predicted octanol–water partition coefficient (Wildman–Crippen LogP) is 4.68. The molecule has 4 heteroatoms. The minimum atomic E-state index is -0.105. The third-order valence-corrected chi connectivity index (χ3v) is 4.77. The van der Waals surface area contributed by atoms with Gasteiger partial charge >= 0.3 is 0 Å². The van der Waals surface area contributed by atoms with Gasteiger partial charge in [0.25, 0.3) is 0 Å². The zero-order chi connectivity index (χ0) is 20.2. The maximum atomic E-state index is 6.16. The van der Waals surface area contributed by atoms with Crippen LogP contribution in [0.2, 0.25) is 0 Å². The third kappa shape index (κ3) is 7.12. The maximum Gasteiger partial charge on any atom is 0.118 e. The number of methoxy groups -OCH3 is 2. The molecule has 0 aromatic heterocycles. The first-order valence-corrected chi connectivity index (χ1v) is 9.69. The van der Waals surface area contributed by atoms with Gasteiger partial charge in [-0.05, 0) is 36.6 Å². The van der Waals surface area contributed by atoms with Gasteiger partial charge in [-0.2, -0.15) is 0 Å². The second-order valence-electron chi connectivity index (χ2n) is 6.78. The Morgan fingerprint density at radius 2 is 1.61 bits per heavy atom. The molecule has 0 N–H and O–H groups in total. The highest BCUT2D eigenvalue weighted by atomic mass is 16.6. The van der Waals surface area contributed by atoms with Gasteiger partial charge in [0.05, 0.1) is 39.1 Å². The largest absolute Gasteiger partial charge is 0.497 e. The van der Waals surface area contributed by atoms with E-state index in [1.807, 2.05) is 36.4 Å². The van der Waals surface area contributed by atoms with Crippen LogP contribution in [0.1, 0.15) is 18.1 Å². The van der Waals surface area contributed by atoms with Crippen molar-refractivity contribution in [2.75, 3.05) is 27.4 Å². The molecular formula is C24H32O4. The van der Waals surface area contributed by atoms with Crippen molar-refractivity contribution in [2.45, 2.75) is 32.2 Å². The Labute approximate surface area is 169 Å². The number of rotatable bonds is 13. The molecule has 0 fully saturated rings. The van der Waals surface area contributed by atoms with E-state index in [0.29, 0.717) is 19.8 Å². The van der Waals surface area contributed by atoms with Crippen molar-refractivity contribution in [3.8, 4) is 5.75 Å². The minimum Gasteiger partial charge on any atom is -0.497 e. The third-order valence-electron chi connectivity index (χ3n) is 4.77. The Morgan fingerprint density at radius 3 is 2.21 bits per heavy atom. The van der Waals surface area contributed by atoms with Gasteiger partial charge in [-0.3, -0.25) is 0 Å². The van der Waals surface area contributed by atoms with Crippen LogP contribution in [0.25, 0.3) is 0 Å². The van der Waals surface area contributed by atoms with E-state index >= 15 is 0 Å². The lowest BCUT2D eigenvalue weighted by molar-refractivity contribution is -0.0958. The normalized spacial score (nSPS) is 14.2. The Hall–Kier alpha value is -2.14.